The number of rotatable bonds is 4. The maximum atomic E-state index is 5.38. The Morgan fingerprint density at radius 1 is 1.40 bits per heavy atom. The van der Waals surface area contributed by atoms with Crippen molar-refractivity contribution in [1.29, 1.82) is 0 Å². The SMILES string of the molecule is C=Nc1cc(CBr)ccc1OCC.CBr. The third-order valence-electron chi connectivity index (χ3n) is 1.65. The topological polar surface area (TPSA) is 21.6 Å². The van der Waals surface area contributed by atoms with E-state index in [1.54, 1.807) is 0 Å². The first-order valence-electron chi connectivity index (χ1n) is 4.48. The van der Waals surface area contributed by atoms with Crippen molar-refractivity contribution in [2.24, 2.45) is 4.99 Å². The van der Waals surface area contributed by atoms with Crippen LogP contribution in [0.5, 0.6) is 5.75 Å². The summed E-state index contributed by atoms with van der Waals surface area (Å²) in [6.45, 7) is 6.10. The lowest BCUT2D eigenvalue weighted by Gasteiger charge is -2.07. The van der Waals surface area contributed by atoms with Crippen molar-refractivity contribution in [3.05, 3.63) is 23.8 Å². The highest BCUT2D eigenvalue weighted by Crippen LogP contribution is 2.28. The molecule has 0 aromatic heterocycles. The molecule has 0 heterocycles. The molecule has 84 valence electrons. The van der Waals surface area contributed by atoms with Gasteiger partial charge in [0.2, 0.25) is 0 Å². The zero-order valence-electron chi connectivity index (χ0n) is 8.96. The summed E-state index contributed by atoms with van der Waals surface area (Å²) < 4.78 is 5.38. The van der Waals surface area contributed by atoms with Crippen molar-refractivity contribution in [2.45, 2.75) is 12.3 Å². The summed E-state index contributed by atoms with van der Waals surface area (Å²) in [5.74, 6) is 2.61. The minimum Gasteiger partial charge on any atom is -0.492 e. The molecule has 0 amide bonds. The second-order valence-electron chi connectivity index (χ2n) is 2.53. The van der Waals surface area contributed by atoms with E-state index in [-0.39, 0.29) is 0 Å². The van der Waals surface area contributed by atoms with Crippen LogP contribution in [0.15, 0.2) is 23.2 Å². The van der Waals surface area contributed by atoms with Crippen molar-refractivity contribution in [3.8, 4) is 5.75 Å². The molecule has 2 nitrogen and oxygen atoms in total. The van der Waals surface area contributed by atoms with Crippen LogP contribution in [0.25, 0.3) is 0 Å². The molecule has 1 rings (SSSR count). The summed E-state index contributed by atoms with van der Waals surface area (Å²) in [6, 6.07) is 5.89. The molecule has 0 N–H and O–H groups in total. The normalized spacial score (nSPS) is 8.80. The summed E-state index contributed by atoms with van der Waals surface area (Å²) in [6.07, 6.45) is 0. The number of benzene rings is 1. The van der Waals surface area contributed by atoms with E-state index >= 15 is 0 Å². The zero-order valence-corrected chi connectivity index (χ0v) is 12.1. The highest BCUT2D eigenvalue weighted by Gasteiger charge is 2.01. The molecule has 0 saturated heterocycles. The van der Waals surface area contributed by atoms with Crippen LogP contribution < -0.4 is 4.74 Å². The van der Waals surface area contributed by atoms with Gasteiger partial charge in [-0.15, -0.1) is 0 Å². The average molecular weight is 337 g/mol. The Hall–Kier alpha value is -0.350. The molecule has 1 aromatic carbocycles. The second-order valence-corrected chi connectivity index (χ2v) is 3.09. The van der Waals surface area contributed by atoms with Crippen LogP contribution in [0.3, 0.4) is 0 Å². The van der Waals surface area contributed by atoms with Crippen LogP contribution in [-0.4, -0.2) is 19.2 Å². The number of halogens is 2. The molecule has 0 atom stereocenters. The number of hydrogen-bond donors (Lipinski definition) is 0. The molecule has 0 bridgehead atoms. The Morgan fingerprint density at radius 2 is 2.07 bits per heavy atom. The molecule has 1 aromatic rings. The lowest BCUT2D eigenvalue weighted by molar-refractivity contribution is 0.341. The Labute approximate surface area is 108 Å². The van der Waals surface area contributed by atoms with E-state index in [0.717, 1.165) is 16.8 Å². The van der Waals surface area contributed by atoms with E-state index in [2.05, 4.69) is 43.6 Å². The molecule has 15 heavy (non-hydrogen) atoms. The first-order chi connectivity index (χ1) is 7.31. The predicted octanol–water partition coefficient (Wildman–Crippen LogP) is 4.32. The van der Waals surface area contributed by atoms with Gasteiger partial charge in [0.1, 0.15) is 11.4 Å². The van der Waals surface area contributed by atoms with Gasteiger partial charge in [-0.3, -0.25) is 4.99 Å². The van der Waals surface area contributed by atoms with Crippen molar-refractivity contribution < 1.29 is 4.74 Å². The summed E-state index contributed by atoms with van der Waals surface area (Å²) in [5.41, 5.74) is 1.98. The molecule has 0 unspecified atom stereocenters. The van der Waals surface area contributed by atoms with Gasteiger partial charge in [-0.25, -0.2) is 0 Å². The average Bonchev–Trinajstić information content (AvgIpc) is 2.32. The molecule has 4 heteroatoms. The first-order valence-corrected chi connectivity index (χ1v) is 7.18. The van der Waals surface area contributed by atoms with E-state index in [9.17, 15) is 0 Å². The Balaban J connectivity index is 0.000000921. The zero-order chi connectivity index (χ0) is 11.7. The summed E-state index contributed by atoms with van der Waals surface area (Å²) >= 11 is 6.32. The van der Waals surface area contributed by atoms with Gasteiger partial charge in [-0.2, -0.15) is 0 Å². The Bertz CT molecular complexity index is 303. The molecule has 0 radical (unpaired) electrons. The smallest absolute Gasteiger partial charge is 0.144 e. The summed E-state index contributed by atoms with van der Waals surface area (Å²) in [5, 5.41) is 0.821. The fraction of sp³-hybridized carbons (Fsp3) is 0.364. The van der Waals surface area contributed by atoms with Gasteiger partial charge in [0.15, 0.2) is 0 Å². The van der Waals surface area contributed by atoms with Gasteiger partial charge < -0.3 is 4.74 Å². The van der Waals surface area contributed by atoms with E-state index in [1.165, 1.54) is 5.56 Å². The standard InChI is InChI=1S/C10H12BrNO.CH3Br/c1-3-13-10-5-4-8(7-11)6-9(10)12-2;1-2/h4-6H,2-3,7H2,1H3;1H3. The second kappa shape index (κ2) is 8.92. The highest BCUT2D eigenvalue weighted by molar-refractivity contribution is 9.09. The van der Waals surface area contributed by atoms with E-state index in [1.807, 2.05) is 31.0 Å². The van der Waals surface area contributed by atoms with E-state index < -0.39 is 0 Å². The van der Waals surface area contributed by atoms with Crippen LogP contribution in [0.4, 0.5) is 5.69 Å². The van der Waals surface area contributed by atoms with E-state index in [4.69, 9.17) is 4.74 Å². The van der Waals surface area contributed by atoms with Gasteiger partial charge in [0.25, 0.3) is 0 Å². The molecular weight excluding hydrogens is 322 g/mol. The van der Waals surface area contributed by atoms with E-state index in [0.29, 0.717) is 6.61 Å². The van der Waals surface area contributed by atoms with Crippen LogP contribution in [0.2, 0.25) is 0 Å². The van der Waals surface area contributed by atoms with Crippen molar-refractivity contribution >= 4 is 44.3 Å². The molecular formula is C11H15Br2NO. The quantitative estimate of drug-likeness (QED) is 0.592. The minimum atomic E-state index is 0.649. The minimum absolute atomic E-state index is 0.649. The van der Waals surface area contributed by atoms with Gasteiger partial charge in [0, 0.05) is 5.33 Å². The van der Waals surface area contributed by atoms with Crippen molar-refractivity contribution in [1.82, 2.24) is 0 Å². The molecule has 0 saturated carbocycles. The number of aliphatic imine (C=N–C) groups is 1. The third-order valence-corrected chi connectivity index (χ3v) is 2.30. The number of nitrogens with zero attached hydrogens (tertiary/aromatic N) is 1. The largest absolute Gasteiger partial charge is 0.492 e. The fourth-order valence-corrected chi connectivity index (χ4v) is 1.40. The maximum Gasteiger partial charge on any atom is 0.144 e. The lowest BCUT2D eigenvalue weighted by atomic mass is 10.2. The summed E-state index contributed by atoms with van der Waals surface area (Å²) in [4.78, 5) is 3.90. The number of hydrogen-bond acceptors (Lipinski definition) is 2. The number of ether oxygens (including phenoxy) is 1. The predicted molar refractivity (Wildman–Crippen MR) is 74.3 cm³/mol. The fourth-order valence-electron chi connectivity index (χ4n) is 1.05. The van der Waals surface area contributed by atoms with Gasteiger partial charge in [0.05, 0.1) is 6.61 Å². The van der Waals surface area contributed by atoms with Gasteiger partial charge in [-0.1, -0.05) is 37.9 Å². The van der Waals surface area contributed by atoms with Crippen LogP contribution in [-0.2, 0) is 5.33 Å². The number of alkyl halides is 2. The van der Waals surface area contributed by atoms with Crippen LogP contribution >= 0.6 is 31.9 Å². The maximum absolute atomic E-state index is 5.38. The van der Waals surface area contributed by atoms with Gasteiger partial charge >= 0.3 is 0 Å². The van der Waals surface area contributed by atoms with Crippen molar-refractivity contribution in [2.75, 3.05) is 12.4 Å². The molecule has 0 aliphatic carbocycles. The lowest BCUT2D eigenvalue weighted by Crippen LogP contribution is -1.92. The molecule has 0 aliphatic rings. The highest BCUT2D eigenvalue weighted by atomic mass is 79.9. The van der Waals surface area contributed by atoms with Crippen LogP contribution in [0, 0.1) is 0 Å². The van der Waals surface area contributed by atoms with Crippen molar-refractivity contribution in [3.63, 3.8) is 0 Å². The summed E-state index contributed by atoms with van der Waals surface area (Å²) in [7, 11) is 0. The molecule has 0 fully saturated rings. The van der Waals surface area contributed by atoms with Gasteiger partial charge in [-0.05, 0) is 37.2 Å². The monoisotopic (exact) mass is 335 g/mol. The molecule has 0 spiro atoms. The Kier molecular flexibility index (Phi) is 8.71. The van der Waals surface area contributed by atoms with Crippen LogP contribution in [0.1, 0.15) is 12.5 Å². The Morgan fingerprint density at radius 3 is 2.53 bits per heavy atom. The third kappa shape index (κ3) is 4.80. The first kappa shape index (κ1) is 14.6. The molecule has 0 aliphatic heterocycles.